The molecule has 6 rings (SSSR count). The molecule has 0 saturated carbocycles. The van der Waals surface area contributed by atoms with E-state index in [1.807, 2.05) is 12.1 Å². The van der Waals surface area contributed by atoms with Gasteiger partial charge in [-0.2, -0.15) is 8.62 Å². The number of unbranched alkanes of at least 4 members (excludes halogenated alkanes) is 3. The number of nitrogens with two attached hydrogens (primary N) is 1. The number of fused-ring (bicyclic) bond motifs is 3. The van der Waals surface area contributed by atoms with Crippen molar-refractivity contribution >= 4 is 74.9 Å². The maximum absolute atomic E-state index is 12.9. The molecule has 0 radical (unpaired) electrons. The van der Waals surface area contributed by atoms with Crippen LogP contribution in [-0.2, 0) is 41.1 Å². The van der Waals surface area contributed by atoms with Crippen LogP contribution in [0.3, 0.4) is 0 Å². The molecule has 1 aromatic carbocycles. The molecule has 370 valence electrons. The number of phosphoric ester groups is 1. The first-order chi connectivity index (χ1) is 31.4. The lowest BCUT2D eigenvalue weighted by Crippen LogP contribution is -2.49. The van der Waals surface area contributed by atoms with Crippen LogP contribution in [0.25, 0.3) is 22.1 Å². The number of benzene rings is 1. The first-order valence-electron chi connectivity index (χ1n) is 21.3. The molecule has 3 aromatic heterocycles. The molecule has 2 aliphatic rings. The third kappa shape index (κ3) is 12.8. The standard InChI is InChI=1S/C38H55N8O18P3/c1-5-59-35(50)24-16-22-15-23-21(2)18-38(3,4)45(25(23)17-26(22)62-36(24)51)14-10-11-28(47)40-12-8-6-7-9-13-41-37-44-29-32(39)42-20-43-33(29)46(37)34-31(49)30(48)27(61-34)19-60-66(55,56)64-67(57,58)63-65(52,53)54/h15-17,20-21,27,30-31,34,48-49H,5-14,18-19H2,1-4H3,(H,40,47)(H,41,44)(H,55,56)(H,57,58)(H2,39,42,43)(H2,52,53,54)/t21?,27-,30-,31-,34-/m1/s1. The van der Waals surface area contributed by atoms with Crippen LogP contribution in [0.15, 0.2) is 33.7 Å². The van der Waals surface area contributed by atoms with E-state index in [-0.39, 0.29) is 52.5 Å². The van der Waals surface area contributed by atoms with Crippen LogP contribution in [0, 0.1) is 0 Å². The van der Waals surface area contributed by atoms with Gasteiger partial charge in [-0.05, 0) is 70.1 Å². The second-order valence-corrected chi connectivity index (χ2v) is 21.1. The van der Waals surface area contributed by atoms with Crippen molar-refractivity contribution in [1.82, 2.24) is 24.8 Å². The van der Waals surface area contributed by atoms with Crippen LogP contribution < -0.4 is 26.9 Å². The number of aliphatic hydroxyl groups is 2. The minimum Gasteiger partial charge on any atom is -0.462 e. The maximum Gasteiger partial charge on any atom is 0.490 e. The highest BCUT2D eigenvalue weighted by atomic mass is 31.3. The number of nitrogens with zero attached hydrogens (tertiary/aromatic N) is 5. The van der Waals surface area contributed by atoms with Gasteiger partial charge < -0.3 is 64.9 Å². The quantitative estimate of drug-likeness (QED) is 0.0236. The number of hydrogen-bond acceptors (Lipinski definition) is 20. The SMILES string of the molecule is CCOC(=O)c1cc2cc3c(cc2oc1=O)N(CCCC(=O)NCCCCCCNc1nc2c(N)ncnc2n1[C@@H]1O[C@H](COP(=O)(O)OP(=O)(O)OP(=O)(O)O)[C@@H](O)[C@H]1O)C(C)(C)CC3C. The van der Waals surface area contributed by atoms with Gasteiger partial charge in [-0.25, -0.2) is 38.2 Å². The fourth-order valence-electron chi connectivity index (χ4n) is 8.23. The molecule has 5 heterocycles. The lowest BCUT2D eigenvalue weighted by molar-refractivity contribution is -0.121. The highest BCUT2D eigenvalue weighted by Crippen LogP contribution is 2.66. The Bertz CT molecular complexity index is 2660. The molecular weight excluding hydrogens is 949 g/mol. The maximum atomic E-state index is 12.9. The van der Waals surface area contributed by atoms with Gasteiger partial charge in [0.1, 0.15) is 35.8 Å². The highest BCUT2D eigenvalue weighted by Gasteiger charge is 2.48. The Balaban J connectivity index is 0.963. The van der Waals surface area contributed by atoms with E-state index in [1.54, 1.807) is 6.92 Å². The number of rotatable bonds is 22. The summed E-state index contributed by atoms with van der Waals surface area (Å²) in [6.45, 7) is 8.59. The van der Waals surface area contributed by atoms with Gasteiger partial charge in [0.15, 0.2) is 23.2 Å². The number of amides is 1. The summed E-state index contributed by atoms with van der Waals surface area (Å²) >= 11 is 0. The summed E-state index contributed by atoms with van der Waals surface area (Å²) in [5.41, 5.74) is 7.40. The molecule has 1 fully saturated rings. The Morgan fingerprint density at radius 1 is 0.970 bits per heavy atom. The van der Waals surface area contributed by atoms with E-state index in [0.29, 0.717) is 56.3 Å². The van der Waals surface area contributed by atoms with E-state index < -0.39 is 66.2 Å². The molecule has 0 aliphatic carbocycles. The van der Waals surface area contributed by atoms with Gasteiger partial charge in [0.25, 0.3) is 0 Å². The molecule has 29 heteroatoms. The van der Waals surface area contributed by atoms with Gasteiger partial charge in [0, 0.05) is 48.7 Å². The van der Waals surface area contributed by atoms with E-state index >= 15 is 0 Å². The molecule has 0 spiro atoms. The topological polar surface area (TPSA) is 380 Å². The fourth-order valence-corrected chi connectivity index (χ4v) is 11.3. The number of carbonyl (C=O) groups is 2. The van der Waals surface area contributed by atoms with Gasteiger partial charge in [0.05, 0.1) is 13.2 Å². The number of nitrogens with one attached hydrogen (secondary N) is 2. The van der Waals surface area contributed by atoms with Gasteiger partial charge >= 0.3 is 35.1 Å². The number of nitrogen functional groups attached to an aromatic ring is 1. The predicted octanol–water partition coefficient (Wildman–Crippen LogP) is 3.32. The Morgan fingerprint density at radius 3 is 2.39 bits per heavy atom. The second-order valence-electron chi connectivity index (χ2n) is 16.7. The van der Waals surface area contributed by atoms with E-state index in [2.05, 4.69) is 64.4 Å². The van der Waals surface area contributed by atoms with E-state index in [9.17, 15) is 48.1 Å². The zero-order chi connectivity index (χ0) is 49.1. The van der Waals surface area contributed by atoms with Gasteiger partial charge in [-0.1, -0.05) is 19.8 Å². The van der Waals surface area contributed by atoms with Crippen molar-refractivity contribution in [2.24, 2.45) is 0 Å². The number of aromatic nitrogens is 4. The molecule has 10 N–H and O–H groups in total. The number of aliphatic hydroxyl groups excluding tert-OH is 2. The van der Waals surface area contributed by atoms with Crippen LogP contribution >= 0.6 is 23.5 Å². The Labute approximate surface area is 382 Å². The molecule has 67 heavy (non-hydrogen) atoms. The van der Waals surface area contributed by atoms with Crippen molar-refractivity contribution in [1.29, 1.82) is 0 Å². The summed E-state index contributed by atoms with van der Waals surface area (Å²) in [7, 11) is -17.0. The van der Waals surface area contributed by atoms with Crippen molar-refractivity contribution in [3.8, 4) is 0 Å². The Kier molecular flexibility index (Phi) is 16.4. The minimum atomic E-state index is -5.81. The Morgan fingerprint density at radius 2 is 1.69 bits per heavy atom. The molecule has 1 saturated heterocycles. The van der Waals surface area contributed by atoms with Crippen molar-refractivity contribution in [3.05, 3.63) is 46.1 Å². The molecule has 1 amide bonds. The third-order valence-corrected chi connectivity index (χ3v) is 14.9. The normalized spacial score (nSPS) is 22.3. The molecule has 0 bridgehead atoms. The largest absolute Gasteiger partial charge is 0.490 e. The molecule has 4 aromatic rings. The number of anilines is 3. The van der Waals surface area contributed by atoms with Crippen LogP contribution in [-0.4, -0.2) is 118 Å². The Hall–Kier alpha value is -4.39. The zero-order valence-corrected chi connectivity index (χ0v) is 39.6. The van der Waals surface area contributed by atoms with Crippen LogP contribution in [0.2, 0.25) is 0 Å². The monoisotopic (exact) mass is 1000 g/mol. The first kappa shape index (κ1) is 52.0. The van der Waals surface area contributed by atoms with Crippen LogP contribution in [0.4, 0.5) is 17.5 Å². The number of esters is 1. The predicted molar refractivity (Wildman–Crippen MR) is 238 cm³/mol. The summed E-state index contributed by atoms with van der Waals surface area (Å²) in [5, 5.41) is 28.5. The average molecular weight is 1000 g/mol. The number of ether oxygens (including phenoxy) is 2. The lowest BCUT2D eigenvalue weighted by Gasteiger charge is -2.47. The lowest BCUT2D eigenvalue weighted by atomic mass is 9.79. The molecule has 26 nitrogen and oxygen atoms in total. The van der Waals surface area contributed by atoms with Gasteiger partial charge in [0.2, 0.25) is 11.9 Å². The van der Waals surface area contributed by atoms with Crippen LogP contribution in [0.5, 0.6) is 0 Å². The van der Waals surface area contributed by atoms with E-state index in [4.69, 9.17) is 29.4 Å². The van der Waals surface area contributed by atoms with Crippen molar-refractivity contribution in [3.63, 3.8) is 0 Å². The molecule has 2 aliphatic heterocycles. The highest BCUT2D eigenvalue weighted by molar-refractivity contribution is 7.66. The average Bonchev–Trinajstić information content (AvgIpc) is 3.72. The third-order valence-electron chi connectivity index (χ3n) is 11.1. The summed E-state index contributed by atoms with van der Waals surface area (Å²) in [5.74, 6) is -0.538. The van der Waals surface area contributed by atoms with E-state index in [0.717, 1.165) is 36.8 Å². The van der Waals surface area contributed by atoms with Crippen molar-refractivity contribution < 1.29 is 80.1 Å². The number of carbonyl (C=O) groups excluding carboxylic acids is 2. The number of phosphoric acid groups is 3. The van der Waals surface area contributed by atoms with E-state index in [1.165, 1.54) is 10.6 Å². The minimum absolute atomic E-state index is 0.0145. The number of hydrogen-bond donors (Lipinski definition) is 9. The summed E-state index contributed by atoms with van der Waals surface area (Å²) in [4.78, 5) is 89.4. The molecule has 7 atom stereocenters. The molecule has 3 unspecified atom stereocenters. The summed E-state index contributed by atoms with van der Waals surface area (Å²) < 4.78 is 64.5. The summed E-state index contributed by atoms with van der Waals surface area (Å²) in [6.07, 6.45) is -0.810. The zero-order valence-electron chi connectivity index (χ0n) is 36.9. The molecular formula is C38H55N8O18P3. The van der Waals surface area contributed by atoms with Crippen molar-refractivity contribution in [2.45, 2.75) is 109 Å². The van der Waals surface area contributed by atoms with Crippen LogP contribution in [0.1, 0.15) is 101 Å². The smallest absolute Gasteiger partial charge is 0.462 e. The number of imidazole rings is 1. The van der Waals surface area contributed by atoms with Gasteiger partial charge in [-0.3, -0.25) is 13.9 Å². The first-order valence-corrected chi connectivity index (χ1v) is 25.8. The van der Waals surface area contributed by atoms with Gasteiger partial charge in [-0.15, -0.1) is 0 Å². The summed E-state index contributed by atoms with van der Waals surface area (Å²) in [6, 6.07) is 5.31. The van der Waals surface area contributed by atoms with Crippen molar-refractivity contribution in [2.75, 3.05) is 48.8 Å². The fraction of sp³-hybridized carbons (Fsp3) is 0.579. The second kappa shape index (κ2) is 21.1.